The summed E-state index contributed by atoms with van der Waals surface area (Å²) in [4.78, 5) is 0. The quantitative estimate of drug-likeness (QED) is 0.801. The Labute approximate surface area is 92.1 Å². The second-order valence-electron chi connectivity index (χ2n) is 5.19. The van der Waals surface area contributed by atoms with Crippen molar-refractivity contribution in [3.8, 4) is 0 Å². The van der Waals surface area contributed by atoms with Crippen molar-refractivity contribution in [2.75, 3.05) is 0 Å². The first-order valence-corrected chi connectivity index (χ1v) is 5.81. The summed E-state index contributed by atoms with van der Waals surface area (Å²) < 4.78 is 0. The Kier molecular flexibility index (Phi) is 2.38. The number of aliphatic hydroxyl groups is 1. The number of aryl methyl sites for hydroxylation is 1. The third-order valence-electron chi connectivity index (χ3n) is 4.07. The summed E-state index contributed by atoms with van der Waals surface area (Å²) in [5.74, 6) is 0. The van der Waals surface area contributed by atoms with E-state index in [1.54, 1.807) is 0 Å². The molecular weight excluding hydrogens is 184 g/mol. The van der Waals surface area contributed by atoms with E-state index in [-0.39, 0.29) is 5.41 Å². The Bertz CT molecular complexity index is 361. The Morgan fingerprint density at radius 1 is 1.40 bits per heavy atom. The highest BCUT2D eigenvalue weighted by atomic mass is 16.3. The first kappa shape index (κ1) is 10.7. The van der Waals surface area contributed by atoms with Crippen LogP contribution in [-0.2, 0) is 12.0 Å². The first-order chi connectivity index (χ1) is 6.99. The third kappa shape index (κ3) is 1.69. The van der Waals surface area contributed by atoms with Gasteiger partial charge in [-0.15, -0.1) is 0 Å². The van der Waals surface area contributed by atoms with Crippen molar-refractivity contribution in [1.29, 1.82) is 0 Å². The highest BCUT2D eigenvalue weighted by molar-refractivity contribution is 5.31. The van der Waals surface area contributed by atoms with Gasteiger partial charge in [0.05, 0.1) is 5.60 Å². The largest absolute Gasteiger partial charge is 0.385 e. The van der Waals surface area contributed by atoms with Crippen molar-refractivity contribution < 1.29 is 5.11 Å². The molecule has 0 spiro atoms. The number of rotatable bonds is 3. The van der Waals surface area contributed by atoms with E-state index in [1.807, 2.05) is 19.1 Å². The fraction of sp³-hybridized carbons (Fsp3) is 0.571. The lowest BCUT2D eigenvalue weighted by Gasteiger charge is -2.31. The second kappa shape index (κ2) is 3.34. The van der Waals surface area contributed by atoms with Crippen LogP contribution in [0.15, 0.2) is 24.3 Å². The van der Waals surface area contributed by atoms with E-state index < -0.39 is 5.60 Å². The summed E-state index contributed by atoms with van der Waals surface area (Å²) in [5.41, 5.74) is 1.80. The van der Waals surface area contributed by atoms with Gasteiger partial charge in [-0.2, -0.15) is 0 Å². The molecule has 1 N–H and O–H groups in total. The highest BCUT2D eigenvalue weighted by Crippen LogP contribution is 2.57. The summed E-state index contributed by atoms with van der Waals surface area (Å²) in [7, 11) is 0. The van der Waals surface area contributed by atoms with Gasteiger partial charge in [-0.3, -0.25) is 0 Å². The fourth-order valence-corrected chi connectivity index (χ4v) is 2.12. The van der Waals surface area contributed by atoms with Gasteiger partial charge in [0.2, 0.25) is 0 Å². The first-order valence-electron chi connectivity index (χ1n) is 5.81. The van der Waals surface area contributed by atoms with Gasteiger partial charge in [0.25, 0.3) is 0 Å². The molecule has 0 aliphatic heterocycles. The van der Waals surface area contributed by atoms with Gasteiger partial charge >= 0.3 is 0 Å². The second-order valence-corrected chi connectivity index (χ2v) is 5.19. The molecule has 2 rings (SSSR count). The van der Waals surface area contributed by atoms with Gasteiger partial charge in [-0.25, -0.2) is 0 Å². The van der Waals surface area contributed by atoms with Crippen LogP contribution in [0.1, 0.15) is 44.7 Å². The van der Waals surface area contributed by atoms with Crippen molar-refractivity contribution in [3.63, 3.8) is 0 Å². The van der Waals surface area contributed by atoms with Crippen molar-refractivity contribution in [3.05, 3.63) is 35.4 Å². The van der Waals surface area contributed by atoms with Crippen LogP contribution in [-0.4, -0.2) is 5.11 Å². The molecular formula is C14H20O. The molecule has 1 aliphatic carbocycles. The molecule has 1 heteroatoms. The zero-order valence-corrected chi connectivity index (χ0v) is 9.88. The van der Waals surface area contributed by atoms with Gasteiger partial charge in [-0.05, 0) is 37.3 Å². The lowest BCUT2D eigenvalue weighted by atomic mass is 9.81. The highest BCUT2D eigenvalue weighted by Gasteiger charge is 2.52. The summed E-state index contributed by atoms with van der Waals surface area (Å²) in [6.45, 7) is 6.27. The zero-order valence-electron chi connectivity index (χ0n) is 9.88. The van der Waals surface area contributed by atoms with Crippen LogP contribution in [0.2, 0.25) is 0 Å². The van der Waals surface area contributed by atoms with Crippen LogP contribution in [0.3, 0.4) is 0 Å². The Morgan fingerprint density at radius 3 is 2.60 bits per heavy atom. The average Bonchev–Trinajstić information content (AvgIpc) is 2.98. The van der Waals surface area contributed by atoms with Gasteiger partial charge in [-0.1, -0.05) is 38.1 Å². The van der Waals surface area contributed by atoms with Crippen LogP contribution in [0.25, 0.3) is 0 Å². The van der Waals surface area contributed by atoms with Crippen molar-refractivity contribution in [2.45, 2.75) is 45.6 Å². The molecule has 82 valence electrons. The molecule has 1 fully saturated rings. The molecule has 1 saturated carbocycles. The van der Waals surface area contributed by atoms with E-state index in [0.29, 0.717) is 0 Å². The molecule has 0 saturated heterocycles. The minimum Gasteiger partial charge on any atom is -0.385 e. The SMILES string of the molecule is CCc1cccc(C(C)(O)C2(C)CC2)c1. The lowest BCUT2D eigenvalue weighted by molar-refractivity contribution is -0.0127. The van der Waals surface area contributed by atoms with Crippen LogP contribution in [0.5, 0.6) is 0 Å². The van der Waals surface area contributed by atoms with Gasteiger partial charge in [0.1, 0.15) is 0 Å². The molecule has 1 unspecified atom stereocenters. The average molecular weight is 204 g/mol. The lowest BCUT2D eigenvalue weighted by Crippen LogP contribution is -2.31. The maximum Gasteiger partial charge on any atom is 0.0921 e. The summed E-state index contributed by atoms with van der Waals surface area (Å²) >= 11 is 0. The number of hydrogen-bond donors (Lipinski definition) is 1. The van der Waals surface area contributed by atoms with E-state index in [2.05, 4.69) is 26.0 Å². The van der Waals surface area contributed by atoms with Crippen LogP contribution < -0.4 is 0 Å². The number of hydrogen-bond acceptors (Lipinski definition) is 1. The summed E-state index contributed by atoms with van der Waals surface area (Å²) in [6, 6.07) is 8.36. The van der Waals surface area contributed by atoms with Gasteiger partial charge in [0.15, 0.2) is 0 Å². The summed E-state index contributed by atoms with van der Waals surface area (Å²) in [6.07, 6.45) is 3.30. The molecule has 0 radical (unpaired) electrons. The van der Waals surface area contributed by atoms with Crippen LogP contribution in [0.4, 0.5) is 0 Å². The Hall–Kier alpha value is -0.820. The molecule has 0 heterocycles. The molecule has 0 aromatic heterocycles. The minimum absolute atomic E-state index is 0.0966. The zero-order chi connectivity index (χ0) is 11.1. The molecule has 1 nitrogen and oxygen atoms in total. The fourth-order valence-electron chi connectivity index (χ4n) is 2.12. The molecule has 15 heavy (non-hydrogen) atoms. The van der Waals surface area contributed by atoms with E-state index >= 15 is 0 Å². The predicted octanol–water partition coefficient (Wildman–Crippen LogP) is 3.26. The van der Waals surface area contributed by atoms with Crippen molar-refractivity contribution in [2.24, 2.45) is 5.41 Å². The Balaban J connectivity index is 2.36. The minimum atomic E-state index is -0.668. The molecule has 1 aliphatic rings. The number of benzene rings is 1. The summed E-state index contributed by atoms with van der Waals surface area (Å²) in [5, 5.41) is 10.6. The maximum atomic E-state index is 10.6. The van der Waals surface area contributed by atoms with E-state index in [9.17, 15) is 5.11 Å². The van der Waals surface area contributed by atoms with Gasteiger partial charge < -0.3 is 5.11 Å². The van der Waals surface area contributed by atoms with E-state index in [0.717, 1.165) is 24.8 Å². The Morgan fingerprint density at radius 2 is 2.07 bits per heavy atom. The predicted molar refractivity (Wildman–Crippen MR) is 62.7 cm³/mol. The topological polar surface area (TPSA) is 20.2 Å². The third-order valence-corrected chi connectivity index (χ3v) is 4.07. The van der Waals surface area contributed by atoms with Crippen LogP contribution in [0, 0.1) is 5.41 Å². The van der Waals surface area contributed by atoms with Crippen molar-refractivity contribution in [1.82, 2.24) is 0 Å². The molecule has 1 aromatic carbocycles. The molecule has 1 atom stereocenters. The van der Waals surface area contributed by atoms with Gasteiger partial charge in [0, 0.05) is 5.41 Å². The normalized spacial score (nSPS) is 22.1. The molecule has 0 bridgehead atoms. The van der Waals surface area contributed by atoms with Crippen LogP contribution >= 0.6 is 0 Å². The van der Waals surface area contributed by atoms with E-state index in [1.165, 1.54) is 5.56 Å². The smallest absolute Gasteiger partial charge is 0.0921 e. The van der Waals surface area contributed by atoms with Crippen molar-refractivity contribution >= 4 is 0 Å². The monoisotopic (exact) mass is 204 g/mol. The standard InChI is InChI=1S/C14H20O/c1-4-11-6-5-7-12(10-11)14(3,15)13(2)8-9-13/h5-7,10,15H,4,8-9H2,1-3H3. The van der Waals surface area contributed by atoms with E-state index in [4.69, 9.17) is 0 Å². The molecule has 1 aromatic rings. The maximum absolute atomic E-state index is 10.6. The molecule has 0 amide bonds.